The van der Waals surface area contributed by atoms with Crippen molar-refractivity contribution >= 4 is 26.5 Å². The molecule has 1 fully saturated rings. The maximum atomic E-state index is 11.3. The Labute approximate surface area is 215 Å². The molecule has 3 N–H and O–H groups in total. The third-order valence-electron chi connectivity index (χ3n) is 5.83. The summed E-state index contributed by atoms with van der Waals surface area (Å²) in [6, 6.07) is 7.46. The molecule has 1 aliphatic carbocycles. The quantitative estimate of drug-likeness (QED) is 0.420. The molecule has 0 amide bonds. The Kier molecular flexibility index (Phi) is 9.09. The molecule has 1 aromatic carbocycles. The van der Waals surface area contributed by atoms with Crippen LogP contribution in [0.1, 0.15) is 48.8 Å². The summed E-state index contributed by atoms with van der Waals surface area (Å²) in [5.41, 5.74) is 3.47. The van der Waals surface area contributed by atoms with Gasteiger partial charge in [-0.05, 0) is 49.9 Å². The standard InChI is InChI=1S/C22H26N2O7S.H2O4S/c1-4-30-20-10-15-16-9-14(31-32(25,26)27)6-7-18(16)24-22(17(15)11-19(20)28-2)13-5-8-21(29-3)23-12-13;1-5(2,3)4/h5,8,10-12,14,16,18H,4,6-7,9H2,1-3H3,(H,25,26,27);(H2,1,2,3,4)/t14-,16-,18-;/m1./s1. The molecule has 0 bridgehead atoms. The molecule has 15 heteroatoms. The first kappa shape index (κ1) is 28.7. The van der Waals surface area contributed by atoms with Gasteiger partial charge in [0.1, 0.15) is 0 Å². The first-order valence-corrected chi connectivity index (χ1v) is 13.9. The molecule has 2 aromatic rings. The van der Waals surface area contributed by atoms with Crippen molar-refractivity contribution in [3.63, 3.8) is 0 Å². The van der Waals surface area contributed by atoms with Gasteiger partial charge >= 0.3 is 20.8 Å². The first-order valence-electron chi connectivity index (χ1n) is 11.1. The van der Waals surface area contributed by atoms with E-state index in [1.165, 1.54) is 0 Å². The Bertz CT molecular complexity index is 1340. The van der Waals surface area contributed by atoms with E-state index in [9.17, 15) is 8.42 Å². The molecule has 1 aliphatic heterocycles. The number of benzene rings is 1. The molecule has 0 radical (unpaired) electrons. The van der Waals surface area contributed by atoms with Crippen molar-refractivity contribution in [3.05, 3.63) is 47.2 Å². The lowest BCUT2D eigenvalue weighted by molar-refractivity contribution is 0.124. The highest BCUT2D eigenvalue weighted by Gasteiger charge is 2.39. The number of methoxy groups -OCH3 is 2. The van der Waals surface area contributed by atoms with Crippen molar-refractivity contribution in [2.45, 2.75) is 44.2 Å². The summed E-state index contributed by atoms with van der Waals surface area (Å²) in [5.74, 6) is 1.61. The van der Waals surface area contributed by atoms with Gasteiger partial charge in [0.15, 0.2) is 11.5 Å². The van der Waals surface area contributed by atoms with Crippen LogP contribution in [0.2, 0.25) is 0 Å². The average Bonchev–Trinajstić information content (AvgIpc) is 2.81. The van der Waals surface area contributed by atoms with Gasteiger partial charge in [0, 0.05) is 29.3 Å². The Morgan fingerprint density at radius 3 is 2.24 bits per heavy atom. The van der Waals surface area contributed by atoms with E-state index in [1.54, 1.807) is 26.5 Å². The van der Waals surface area contributed by atoms with Crippen LogP contribution in [0.5, 0.6) is 17.4 Å². The lowest BCUT2D eigenvalue weighted by Gasteiger charge is -2.38. The fraction of sp³-hybridized carbons (Fsp3) is 0.455. The molecule has 0 saturated heterocycles. The number of aliphatic imine (C=N–C) groups is 1. The van der Waals surface area contributed by atoms with Gasteiger partial charge in [0.05, 0.1) is 38.7 Å². The van der Waals surface area contributed by atoms with Crippen molar-refractivity contribution in [1.82, 2.24) is 4.98 Å². The van der Waals surface area contributed by atoms with Gasteiger partial charge in [0.25, 0.3) is 0 Å². The Morgan fingerprint density at radius 2 is 1.70 bits per heavy atom. The molecule has 2 aliphatic rings. The largest absolute Gasteiger partial charge is 0.493 e. The number of fused-ring (bicyclic) bond motifs is 3. The van der Waals surface area contributed by atoms with Gasteiger partial charge in [0.2, 0.25) is 5.88 Å². The molecule has 1 saturated carbocycles. The van der Waals surface area contributed by atoms with E-state index in [0.717, 1.165) is 22.4 Å². The lowest BCUT2D eigenvalue weighted by Crippen LogP contribution is -2.36. The fourth-order valence-electron chi connectivity index (χ4n) is 4.49. The maximum absolute atomic E-state index is 11.3. The monoisotopic (exact) mass is 560 g/mol. The Hall–Kier alpha value is -2.82. The molecule has 3 atom stereocenters. The fourth-order valence-corrected chi connectivity index (χ4v) is 5.00. The Morgan fingerprint density at radius 1 is 1.00 bits per heavy atom. The normalized spacial score (nSPS) is 20.9. The summed E-state index contributed by atoms with van der Waals surface area (Å²) in [6.45, 7) is 2.37. The number of ether oxygens (including phenoxy) is 3. The van der Waals surface area contributed by atoms with Gasteiger partial charge in [-0.3, -0.25) is 18.7 Å². The smallest absolute Gasteiger partial charge is 0.397 e. The van der Waals surface area contributed by atoms with Crippen LogP contribution < -0.4 is 14.2 Å². The van der Waals surface area contributed by atoms with E-state index in [4.69, 9.17) is 45.5 Å². The number of hydrogen-bond acceptors (Lipinski definition) is 10. The second-order valence-corrected chi connectivity index (χ2v) is 10.1. The molecule has 0 unspecified atom stereocenters. The number of nitrogens with zero attached hydrogens (tertiary/aromatic N) is 2. The molecule has 4 rings (SSSR count). The third kappa shape index (κ3) is 7.83. The zero-order valence-electron chi connectivity index (χ0n) is 20.3. The number of rotatable bonds is 7. The summed E-state index contributed by atoms with van der Waals surface area (Å²) in [6.07, 6.45) is 2.61. The zero-order chi connectivity index (χ0) is 27.4. The zero-order valence-corrected chi connectivity index (χ0v) is 21.9. The molecule has 1 aromatic heterocycles. The second-order valence-electron chi connectivity index (χ2n) is 8.17. The van der Waals surface area contributed by atoms with Crippen molar-refractivity contribution < 1.29 is 48.9 Å². The predicted molar refractivity (Wildman–Crippen MR) is 132 cm³/mol. The van der Waals surface area contributed by atoms with Crippen molar-refractivity contribution in [1.29, 1.82) is 0 Å². The lowest BCUT2D eigenvalue weighted by atomic mass is 9.74. The number of aromatic nitrogens is 1. The highest BCUT2D eigenvalue weighted by Crippen LogP contribution is 2.45. The second kappa shape index (κ2) is 11.7. The topological polar surface area (TPSA) is 191 Å². The molecule has 2 heterocycles. The number of pyridine rings is 1. The Balaban J connectivity index is 0.000000695. The maximum Gasteiger partial charge on any atom is 0.397 e. The van der Waals surface area contributed by atoms with E-state index in [0.29, 0.717) is 43.2 Å². The summed E-state index contributed by atoms with van der Waals surface area (Å²) in [7, 11) is -6.05. The van der Waals surface area contributed by atoms with Crippen LogP contribution in [0, 0.1) is 0 Å². The molecule has 0 spiro atoms. The van der Waals surface area contributed by atoms with E-state index < -0.39 is 26.9 Å². The van der Waals surface area contributed by atoms with Crippen LogP contribution in [0.4, 0.5) is 0 Å². The van der Waals surface area contributed by atoms with E-state index in [1.807, 2.05) is 25.1 Å². The van der Waals surface area contributed by atoms with E-state index in [2.05, 4.69) is 4.98 Å². The highest BCUT2D eigenvalue weighted by atomic mass is 32.3. The van der Waals surface area contributed by atoms with Crippen LogP contribution in [0.25, 0.3) is 0 Å². The minimum Gasteiger partial charge on any atom is -0.493 e. The molecular weight excluding hydrogens is 532 g/mol. The molecule has 37 heavy (non-hydrogen) atoms. The van der Waals surface area contributed by atoms with Gasteiger partial charge in [-0.25, -0.2) is 9.17 Å². The SMILES string of the molecule is CCOc1cc2c(cc1OC)C(c1ccc(OC)nc1)=N[C@@H]1CC[C@@H](OS(=O)(=O)O)C[C@H]21.O=S(=O)(O)O. The minimum atomic E-state index is -4.67. The van der Waals surface area contributed by atoms with Crippen molar-refractivity contribution in [3.8, 4) is 17.4 Å². The average molecular weight is 561 g/mol. The van der Waals surface area contributed by atoms with Crippen LogP contribution in [-0.2, 0) is 25.0 Å². The molecule has 13 nitrogen and oxygen atoms in total. The van der Waals surface area contributed by atoms with Gasteiger partial charge in [-0.15, -0.1) is 0 Å². The van der Waals surface area contributed by atoms with Crippen molar-refractivity contribution in [2.75, 3.05) is 20.8 Å². The first-order chi connectivity index (χ1) is 17.3. The number of hydrogen-bond donors (Lipinski definition) is 3. The molecular formula is C22H28N2O11S2. The van der Waals surface area contributed by atoms with Crippen LogP contribution in [0.15, 0.2) is 35.5 Å². The van der Waals surface area contributed by atoms with Crippen molar-refractivity contribution in [2.24, 2.45) is 4.99 Å². The third-order valence-corrected chi connectivity index (χ3v) is 6.34. The van der Waals surface area contributed by atoms with Gasteiger partial charge in [-0.1, -0.05) is 0 Å². The van der Waals surface area contributed by atoms with Crippen LogP contribution in [0.3, 0.4) is 0 Å². The highest BCUT2D eigenvalue weighted by molar-refractivity contribution is 7.81. The summed E-state index contributed by atoms with van der Waals surface area (Å²) >= 11 is 0. The van der Waals surface area contributed by atoms with Gasteiger partial charge in [-0.2, -0.15) is 16.8 Å². The minimum absolute atomic E-state index is 0.0660. The van der Waals surface area contributed by atoms with Crippen LogP contribution >= 0.6 is 0 Å². The van der Waals surface area contributed by atoms with E-state index >= 15 is 0 Å². The summed E-state index contributed by atoms with van der Waals surface area (Å²) < 4.78 is 84.7. The van der Waals surface area contributed by atoms with Crippen LogP contribution in [-0.4, -0.2) is 74.2 Å². The summed E-state index contributed by atoms with van der Waals surface area (Å²) in [4.78, 5) is 9.34. The summed E-state index contributed by atoms with van der Waals surface area (Å²) in [5, 5.41) is 0. The predicted octanol–water partition coefficient (Wildman–Crippen LogP) is 2.52. The van der Waals surface area contributed by atoms with E-state index in [-0.39, 0.29) is 12.0 Å². The van der Waals surface area contributed by atoms with Gasteiger partial charge < -0.3 is 14.2 Å². The molecule has 204 valence electrons.